The van der Waals surface area contributed by atoms with E-state index < -0.39 is 17.5 Å². The maximum atomic E-state index is 13.6. The number of hydrogen-bond donors (Lipinski definition) is 0. The van der Waals surface area contributed by atoms with E-state index >= 15 is 0 Å². The summed E-state index contributed by atoms with van der Waals surface area (Å²) in [6.45, 7) is 2.77. The minimum Gasteiger partial charge on any atom is -0.487 e. The molecule has 1 amide bonds. The molecule has 0 aliphatic carbocycles. The predicted octanol–water partition coefficient (Wildman–Crippen LogP) is 2.83. The van der Waals surface area contributed by atoms with Gasteiger partial charge in [0.1, 0.15) is 17.7 Å². The molecule has 0 unspecified atom stereocenters. The third kappa shape index (κ3) is 3.31. The summed E-state index contributed by atoms with van der Waals surface area (Å²) in [7, 11) is 0. The highest BCUT2D eigenvalue weighted by molar-refractivity contribution is 5.93. The summed E-state index contributed by atoms with van der Waals surface area (Å²) >= 11 is 0. The number of aryl methyl sites for hydroxylation is 1. The molecular weight excluding hydrogens is 302 g/mol. The maximum absolute atomic E-state index is 13.6. The van der Waals surface area contributed by atoms with Crippen molar-refractivity contribution in [3.63, 3.8) is 0 Å². The third-order valence-corrected chi connectivity index (χ3v) is 3.76. The number of halogens is 2. The first-order valence-corrected chi connectivity index (χ1v) is 7.42. The summed E-state index contributed by atoms with van der Waals surface area (Å²) in [4.78, 5) is 17.1. The van der Waals surface area contributed by atoms with E-state index in [9.17, 15) is 13.6 Å². The highest BCUT2D eigenvalue weighted by Crippen LogP contribution is 2.21. The quantitative estimate of drug-likeness (QED) is 0.870. The van der Waals surface area contributed by atoms with Crippen LogP contribution in [0.1, 0.15) is 23.0 Å². The predicted molar refractivity (Wildman–Crippen MR) is 80.3 cm³/mol. The lowest BCUT2D eigenvalue weighted by atomic mass is 10.1. The van der Waals surface area contributed by atoms with Crippen LogP contribution in [-0.4, -0.2) is 35.0 Å². The summed E-state index contributed by atoms with van der Waals surface area (Å²) in [6.07, 6.45) is 1.62. The fourth-order valence-corrected chi connectivity index (χ4v) is 2.43. The van der Waals surface area contributed by atoms with Crippen LogP contribution in [0.4, 0.5) is 8.78 Å². The second-order valence-electron chi connectivity index (χ2n) is 5.43. The third-order valence-electron chi connectivity index (χ3n) is 3.76. The Morgan fingerprint density at radius 1 is 1.35 bits per heavy atom. The lowest BCUT2D eigenvalue weighted by Gasteiger charge is -2.38. The molecule has 1 saturated heterocycles. The maximum Gasteiger partial charge on any atom is 0.275 e. The smallest absolute Gasteiger partial charge is 0.275 e. The van der Waals surface area contributed by atoms with Gasteiger partial charge in [0.15, 0.2) is 11.5 Å². The van der Waals surface area contributed by atoms with Crippen molar-refractivity contribution in [3.8, 4) is 5.75 Å². The number of aromatic nitrogens is 1. The number of ether oxygens (including phenoxy) is 1. The van der Waals surface area contributed by atoms with E-state index in [4.69, 9.17) is 4.74 Å². The number of amides is 1. The highest BCUT2D eigenvalue weighted by atomic mass is 19.1. The SMILES string of the molecule is CCc1cccc(OC2CN(C(=O)c3ncc(F)cc3F)C2)c1. The number of carbonyl (C=O) groups excluding carboxylic acids is 1. The second-order valence-corrected chi connectivity index (χ2v) is 5.43. The number of carbonyl (C=O) groups is 1. The van der Waals surface area contributed by atoms with Crippen LogP contribution in [0.2, 0.25) is 0 Å². The van der Waals surface area contributed by atoms with Crippen LogP contribution in [0.15, 0.2) is 36.5 Å². The Kier molecular flexibility index (Phi) is 4.23. The van der Waals surface area contributed by atoms with Crippen molar-refractivity contribution in [2.24, 2.45) is 0 Å². The molecule has 2 aromatic rings. The molecule has 1 aromatic carbocycles. The molecule has 120 valence electrons. The zero-order chi connectivity index (χ0) is 16.4. The first-order valence-electron chi connectivity index (χ1n) is 7.42. The fourth-order valence-electron chi connectivity index (χ4n) is 2.43. The van der Waals surface area contributed by atoms with Crippen LogP contribution >= 0.6 is 0 Å². The Bertz CT molecular complexity index is 730. The largest absolute Gasteiger partial charge is 0.487 e. The monoisotopic (exact) mass is 318 g/mol. The number of hydrogen-bond acceptors (Lipinski definition) is 3. The lowest BCUT2D eigenvalue weighted by Crippen LogP contribution is -2.56. The Hall–Kier alpha value is -2.50. The van der Waals surface area contributed by atoms with Crippen molar-refractivity contribution < 1.29 is 18.3 Å². The van der Waals surface area contributed by atoms with Crippen LogP contribution in [0.25, 0.3) is 0 Å². The van der Waals surface area contributed by atoms with Crippen molar-refractivity contribution in [2.45, 2.75) is 19.4 Å². The summed E-state index contributed by atoms with van der Waals surface area (Å²) in [5.41, 5.74) is 0.810. The molecule has 23 heavy (non-hydrogen) atoms. The van der Waals surface area contributed by atoms with Gasteiger partial charge in [-0.3, -0.25) is 4.79 Å². The van der Waals surface area contributed by atoms with Crippen LogP contribution in [-0.2, 0) is 6.42 Å². The summed E-state index contributed by atoms with van der Waals surface area (Å²) in [5.74, 6) is -1.55. The first kappa shape index (κ1) is 15.4. The van der Waals surface area contributed by atoms with E-state index in [0.29, 0.717) is 19.2 Å². The molecule has 1 aliphatic heterocycles. The second kappa shape index (κ2) is 6.32. The van der Waals surface area contributed by atoms with Gasteiger partial charge in [-0.15, -0.1) is 0 Å². The molecule has 3 rings (SSSR count). The average Bonchev–Trinajstić information content (AvgIpc) is 2.50. The molecule has 0 radical (unpaired) electrons. The van der Waals surface area contributed by atoms with E-state index in [1.165, 1.54) is 10.5 Å². The highest BCUT2D eigenvalue weighted by Gasteiger charge is 2.34. The number of nitrogens with zero attached hydrogens (tertiary/aromatic N) is 2. The number of rotatable bonds is 4. The minimum atomic E-state index is -0.949. The number of benzene rings is 1. The Labute approximate surface area is 132 Å². The van der Waals surface area contributed by atoms with E-state index in [-0.39, 0.29) is 11.8 Å². The van der Waals surface area contributed by atoms with Gasteiger partial charge in [-0.25, -0.2) is 13.8 Å². The van der Waals surface area contributed by atoms with E-state index in [0.717, 1.165) is 18.4 Å². The Balaban J connectivity index is 1.59. The van der Waals surface area contributed by atoms with Gasteiger partial charge in [0.2, 0.25) is 0 Å². The zero-order valence-corrected chi connectivity index (χ0v) is 12.6. The van der Waals surface area contributed by atoms with Gasteiger partial charge >= 0.3 is 0 Å². The van der Waals surface area contributed by atoms with Crippen molar-refractivity contribution in [3.05, 3.63) is 59.4 Å². The van der Waals surface area contributed by atoms with Crippen LogP contribution in [0, 0.1) is 11.6 Å². The molecule has 0 spiro atoms. The van der Waals surface area contributed by atoms with Crippen molar-refractivity contribution in [1.29, 1.82) is 0 Å². The van der Waals surface area contributed by atoms with E-state index in [1.54, 1.807) is 0 Å². The molecule has 0 bridgehead atoms. The number of likely N-dealkylation sites (tertiary alicyclic amines) is 1. The summed E-state index contributed by atoms with van der Waals surface area (Å²) < 4.78 is 32.2. The van der Waals surface area contributed by atoms with Crippen molar-refractivity contribution >= 4 is 5.91 Å². The molecule has 6 heteroatoms. The van der Waals surface area contributed by atoms with E-state index in [1.807, 2.05) is 24.3 Å². The fraction of sp³-hybridized carbons (Fsp3) is 0.294. The van der Waals surface area contributed by atoms with Crippen molar-refractivity contribution in [1.82, 2.24) is 9.88 Å². The normalized spacial score (nSPS) is 14.5. The van der Waals surface area contributed by atoms with Crippen LogP contribution in [0.3, 0.4) is 0 Å². The van der Waals surface area contributed by atoms with Crippen LogP contribution < -0.4 is 4.74 Å². The topological polar surface area (TPSA) is 42.4 Å². The molecule has 1 fully saturated rings. The minimum absolute atomic E-state index is 0.130. The average molecular weight is 318 g/mol. The summed E-state index contributed by atoms with van der Waals surface area (Å²) in [6, 6.07) is 8.43. The zero-order valence-electron chi connectivity index (χ0n) is 12.6. The first-order chi connectivity index (χ1) is 11.1. The van der Waals surface area contributed by atoms with Crippen molar-refractivity contribution in [2.75, 3.05) is 13.1 Å². The molecule has 1 aliphatic rings. The van der Waals surface area contributed by atoms with Crippen LogP contribution in [0.5, 0.6) is 5.75 Å². The lowest BCUT2D eigenvalue weighted by molar-refractivity contribution is 0.0169. The Morgan fingerprint density at radius 3 is 2.83 bits per heavy atom. The van der Waals surface area contributed by atoms with Gasteiger partial charge in [-0.1, -0.05) is 19.1 Å². The molecule has 1 aromatic heterocycles. The molecule has 2 heterocycles. The Morgan fingerprint density at radius 2 is 2.13 bits per heavy atom. The number of pyridine rings is 1. The van der Waals surface area contributed by atoms with Gasteiger partial charge < -0.3 is 9.64 Å². The van der Waals surface area contributed by atoms with Gasteiger partial charge in [-0.05, 0) is 24.1 Å². The molecular formula is C17H16F2N2O2. The molecule has 0 N–H and O–H groups in total. The molecule has 4 nitrogen and oxygen atoms in total. The van der Waals surface area contributed by atoms with E-state index in [2.05, 4.69) is 11.9 Å². The molecule has 0 atom stereocenters. The molecule has 0 saturated carbocycles. The standard InChI is InChI=1S/C17H16F2N2O2/c1-2-11-4-3-5-13(6-11)23-14-9-21(10-14)17(22)16-15(19)7-12(18)8-20-16/h3-8,14H,2,9-10H2,1H3. The van der Waals surface area contributed by atoms with Gasteiger partial charge in [0.05, 0.1) is 19.3 Å². The van der Waals surface area contributed by atoms with Gasteiger partial charge in [-0.2, -0.15) is 0 Å². The summed E-state index contributed by atoms with van der Waals surface area (Å²) in [5, 5.41) is 0. The van der Waals surface area contributed by atoms with Gasteiger partial charge in [0, 0.05) is 6.07 Å². The van der Waals surface area contributed by atoms with Gasteiger partial charge in [0.25, 0.3) is 5.91 Å².